The number of aliphatic imine (C=N–C) groups is 1. The number of nitrogens with zero attached hydrogens (tertiary/aromatic N) is 4. The molecule has 1 unspecified atom stereocenters. The number of fused-ring (bicyclic) bond motifs is 5. The standard InChI is InChI=1S/C46H67BrN4O14/c1-14-35-46(9,56)42-25(4)36(48-28(7)52)23(2)19-45(8,41(26(5)37(53)27(6)43(55)63-35)64-44-38(54)34(51(10)11)17-24(3)62-44)60-21-29(20-59-42)49-61-22-30-18-33(50-65-30)31-15-16-32(47)40(58-13)39(31)57-12/h15-16,18,23-27,34-35,38,41-42,44,54,56H,14,17,19-22H2,1-13H3/b48-36?,49-29+/t23-,24-,25+,26+,27-,34+,35-,38-,41-,42?,44+,45-,46-/m1/s1. The maximum absolute atomic E-state index is 14.6. The Kier molecular flexibility index (Phi) is 17.5. The van der Waals surface area contributed by atoms with Gasteiger partial charge in [0.05, 0.1) is 55.8 Å². The van der Waals surface area contributed by atoms with Gasteiger partial charge in [-0.3, -0.25) is 14.4 Å². The quantitative estimate of drug-likeness (QED) is 0.169. The van der Waals surface area contributed by atoms with Crippen LogP contribution in [-0.4, -0.2) is 145 Å². The van der Waals surface area contributed by atoms with E-state index in [4.69, 9.17) is 42.5 Å². The molecule has 0 aliphatic carbocycles. The van der Waals surface area contributed by atoms with E-state index < -0.39 is 83.2 Å². The number of likely N-dealkylation sites (N-methyl/N-ethyl adjacent to an activating group) is 1. The van der Waals surface area contributed by atoms with E-state index >= 15 is 0 Å². The minimum atomic E-state index is -1.89. The first-order chi connectivity index (χ1) is 30.6. The second-order valence-electron chi connectivity index (χ2n) is 18.2. The maximum Gasteiger partial charge on any atom is 0.316 e. The van der Waals surface area contributed by atoms with Crippen molar-refractivity contribution < 1.29 is 67.1 Å². The van der Waals surface area contributed by atoms with Crippen LogP contribution in [0.25, 0.3) is 11.3 Å². The Hall–Kier alpha value is -3.82. The van der Waals surface area contributed by atoms with Gasteiger partial charge in [-0.05, 0) is 95.0 Å². The largest absolute Gasteiger partial charge is 0.492 e. The number of hydrogen-bond acceptors (Lipinski definition) is 17. The summed E-state index contributed by atoms with van der Waals surface area (Å²) >= 11 is 3.48. The van der Waals surface area contributed by atoms with E-state index in [-0.39, 0.29) is 50.5 Å². The minimum absolute atomic E-state index is 0.103. The number of ether oxygens (including phenoxy) is 7. The number of carbonyl (C=O) groups excluding carboxylic acids is 3. The number of rotatable bonds is 10. The van der Waals surface area contributed by atoms with Crippen LogP contribution in [0.1, 0.15) is 87.3 Å². The van der Waals surface area contributed by atoms with E-state index in [2.05, 4.69) is 31.2 Å². The fourth-order valence-corrected chi connectivity index (χ4v) is 9.91. The molecule has 5 rings (SSSR count). The number of halogens is 1. The van der Waals surface area contributed by atoms with Crippen molar-refractivity contribution in [1.82, 2.24) is 10.1 Å². The first-order valence-corrected chi connectivity index (χ1v) is 22.9. The second kappa shape index (κ2) is 21.9. The number of Topliss-reactive ketones (excluding diaryl/α,β-unsaturated/α-hetero) is 1. The van der Waals surface area contributed by atoms with Gasteiger partial charge in [0.25, 0.3) is 0 Å². The minimum Gasteiger partial charge on any atom is -0.492 e. The molecule has 13 atom stereocenters. The summed E-state index contributed by atoms with van der Waals surface area (Å²) in [5.41, 5.74) is -1.66. The number of esters is 1. The number of amides is 1. The van der Waals surface area contributed by atoms with Gasteiger partial charge in [0.2, 0.25) is 5.91 Å². The molecule has 0 spiro atoms. The van der Waals surface area contributed by atoms with Crippen LogP contribution >= 0.6 is 15.9 Å². The lowest BCUT2D eigenvalue weighted by Crippen LogP contribution is -2.60. The average molecular weight is 980 g/mol. The van der Waals surface area contributed by atoms with Gasteiger partial charge < -0.3 is 57.6 Å². The molecule has 0 saturated carbocycles. The van der Waals surface area contributed by atoms with E-state index in [1.54, 1.807) is 39.8 Å². The highest BCUT2D eigenvalue weighted by atomic mass is 79.9. The zero-order valence-corrected chi connectivity index (χ0v) is 41.4. The van der Waals surface area contributed by atoms with Crippen LogP contribution in [0.4, 0.5) is 0 Å². The first kappa shape index (κ1) is 52.2. The van der Waals surface area contributed by atoms with Gasteiger partial charge in [-0.25, -0.2) is 4.99 Å². The molecule has 1 amide bonds. The number of aliphatic hydroxyl groups is 2. The number of methoxy groups -OCH3 is 2. The lowest BCUT2D eigenvalue weighted by atomic mass is 9.73. The Balaban J connectivity index is 1.63. The molecule has 1 aromatic heterocycles. The molecule has 18 nitrogen and oxygen atoms in total. The number of hydrogen-bond donors (Lipinski definition) is 2. The number of oxime groups is 1. The lowest BCUT2D eigenvalue weighted by Gasteiger charge is -2.47. The van der Waals surface area contributed by atoms with Crippen LogP contribution < -0.4 is 9.47 Å². The maximum atomic E-state index is 14.6. The lowest BCUT2D eigenvalue weighted by molar-refractivity contribution is -0.296. The predicted molar refractivity (Wildman–Crippen MR) is 242 cm³/mol. The third-order valence-electron chi connectivity index (χ3n) is 12.8. The molecule has 19 heteroatoms. The highest BCUT2D eigenvalue weighted by molar-refractivity contribution is 9.10. The Labute approximate surface area is 389 Å². The van der Waals surface area contributed by atoms with Gasteiger partial charge in [-0.2, -0.15) is 0 Å². The molecule has 3 aliphatic rings. The van der Waals surface area contributed by atoms with Gasteiger partial charge in [0, 0.05) is 42.1 Å². The van der Waals surface area contributed by atoms with Gasteiger partial charge in [-0.1, -0.05) is 38.0 Å². The molecule has 2 bridgehead atoms. The number of carbonyl (C=O) groups is 3. The number of benzene rings is 1. The normalized spacial score (nSPS) is 35.6. The van der Waals surface area contributed by atoms with Crippen molar-refractivity contribution in [2.75, 3.05) is 41.5 Å². The summed E-state index contributed by atoms with van der Waals surface area (Å²) in [5, 5.41) is 32.9. The zero-order chi connectivity index (χ0) is 48.1. The molecule has 3 aliphatic heterocycles. The average Bonchev–Trinajstić information content (AvgIpc) is 3.72. The van der Waals surface area contributed by atoms with Crippen molar-refractivity contribution >= 4 is 45.0 Å². The topological polar surface area (TPSA) is 219 Å². The van der Waals surface area contributed by atoms with E-state index in [1.165, 1.54) is 35.0 Å². The van der Waals surface area contributed by atoms with Crippen LogP contribution in [0.2, 0.25) is 0 Å². The van der Waals surface area contributed by atoms with Crippen LogP contribution in [0.15, 0.2) is 37.3 Å². The van der Waals surface area contributed by atoms with Crippen molar-refractivity contribution in [2.24, 2.45) is 33.8 Å². The number of cyclic esters (lactones) is 1. The molecule has 1 aromatic carbocycles. The fraction of sp³-hybridized carbons (Fsp3) is 0.696. The predicted octanol–water partition coefficient (Wildman–Crippen LogP) is 5.56. The van der Waals surface area contributed by atoms with E-state index in [9.17, 15) is 24.6 Å². The van der Waals surface area contributed by atoms with Crippen molar-refractivity contribution in [2.45, 2.75) is 142 Å². The summed E-state index contributed by atoms with van der Waals surface area (Å²) in [7, 11) is 6.77. The fourth-order valence-electron chi connectivity index (χ4n) is 9.43. The number of ketones is 1. The molecular formula is C46H67BrN4O14. The Bertz CT molecular complexity index is 2060. The molecule has 0 radical (unpaired) electrons. The summed E-state index contributed by atoms with van der Waals surface area (Å²) in [6.45, 7) is 14.3. The molecular weight excluding hydrogens is 912 g/mol. The third kappa shape index (κ3) is 11.7. The van der Waals surface area contributed by atoms with Crippen molar-refractivity contribution in [3.8, 4) is 22.8 Å². The SMILES string of the molecule is CC[C@H]1OC(=O)[C@H](C)C(=O)[C@H](C)[C@@H](O[C@@H]2O[C@H](C)C[C@H](N(C)C)[C@H]2O)[C@@]2(C)C[C@@H](C)C(=NC(C)=O)[C@H](C)C(OC/C(=N\OCc3cc(-c4ccc(Br)c(OC)c4OC)no3)CO2)[C@]1(C)O. The van der Waals surface area contributed by atoms with Crippen LogP contribution in [0.3, 0.4) is 0 Å². The number of aromatic nitrogens is 1. The van der Waals surface area contributed by atoms with Crippen molar-refractivity contribution in [3.05, 3.63) is 28.4 Å². The molecule has 2 aromatic rings. The Morgan fingerprint density at radius 1 is 1.05 bits per heavy atom. The third-order valence-corrected chi connectivity index (χ3v) is 13.5. The van der Waals surface area contributed by atoms with E-state index in [0.29, 0.717) is 45.1 Å². The number of aliphatic hydroxyl groups excluding tert-OH is 1. The van der Waals surface area contributed by atoms with Crippen molar-refractivity contribution in [1.29, 1.82) is 0 Å². The van der Waals surface area contributed by atoms with E-state index in [0.717, 1.165) is 0 Å². The van der Waals surface area contributed by atoms with Crippen molar-refractivity contribution in [3.63, 3.8) is 0 Å². The van der Waals surface area contributed by atoms with Gasteiger partial charge in [0.15, 0.2) is 35.9 Å². The molecule has 3 saturated heterocycles. The first-order valence-electron chi connectivity index (χ1n) is 22.1. The van der Waals surface area contributed by atoms with Crippen LogP contribution in [-0.2, 0) is 49.5 Å². The molecule has 2 N–H and O–H groups in total. The van der Waals surface area contributed by atoms with Crippen LogP contribution in [0, 0.1) is 23.7 Å². The monoisotopic (exact) mass is 978 g/mol. The zero-order valence-electron chi connectivity index (χ0n) is 39.8. The Morgan fingerprint density at radius 2 is 1.74 bits per heavy atom. The molecule has 65 heavy (non-hydrogen) atoms. The summed E-state index contributed by atoms with van der Waals surface area (Å²) < 4.78 is 50.0. The summed E-state index contributed by atoms with van der Waals surface area (Å²) in [5.74, 6) is -4.26. The highest BCUT2D eigenvalue weighted by Crippen LogP contribution is 2.43. The molecule has 4 heterocycles. The summed E-state index contributed by atoms with van der Waals surface area (Å²) in [4.78, 5) is 53.7. The smallest absolute Gasteiger partial charge is 0.316 e. The summed E-state index contributed by atoms with van der Waals surface area (Å²) in [6, 6.07) is 4.94. The second-order valence-corrected chi connectivity index (χ2v) is 19.0. The van der Waals surface area contributed by atoms with Crippen LogP contribution in [0.5, 0.6) is 11.5 Å². The van der Waals surface area contributed by atoms with Gasteiger partial charge in [0.1, 0.15) is 35.1 Å². The molecule has 3 fully saturated rings. The summed E-state index contributed by atoms with van der Waals surface area (Å²) in [6.07, 6.45) is -5.39. The van der Waals surface area contributed by atoms with Gasteiger partial charge >= 0.3 is 5.97 Å². The van der Waals surface area contributed by atoms with E-state index in [1.807, 2.05) is 38.9 Å². The van der Waals surface area contributed by atoms with Gasteiger partial charge in [-0.15, -0.1) is 0 Å². The Morgan fingerprint density at radius 3 is 2.37 bits per heavy atom. The highest BCUT2D eigenvalue weighted by Gasteiger charge is 2.53. The molecule has 362 valence electrons.